The highest BCUT2D eigenvalue weighted by molar-refractivity contribution is 5.98. The van der Waals surface area contributed by atoms with Crippen molar-refractivity contribution in [1.29, 1.82) is 0 Å². The number of esters is 1. The molecule has 0 aliphatic carbocycles. The van der Waals surface area contributed by atoms with Crippen molar-refractivity contribution in [2.24, 2.45) is 11.8 Å². The molecule has 30 heavy (non-hydrogen) atoms. The van der Waals surface area contributed by atoms with Gasteiger partial charge in [0.05, 0.1) is 18.1 Å². The van der Waals surface area contributed by atoms with Crippen molar-refractivity contribution in [3.63, 3.8) is 0 Å². The van der Waals surface area contributed by atoms with Gasteiger partial charge in [-0.1, -0.05) is 20.3 Å². The molecule has 8 heteroatoms. The number of nitrogens with one attached hydrogen (secondary N) is 1. The molecule has 3 heterocycles. The lowest BCUT2D eigenvalue weighted by molar-refractivity contribution is -0.160. The second kappa shape index (κ2) is 8.83. The van der Waals surface area contributed by atoms with Crippen molar-refractivity contribution < 1.29 is 29.0 Å². The number of rotatable bonds is 10. The summed E-state index contributed by atoms with van der Waals surface area (Å²) in [5.41, 5.74) is -1.78. The van der Waals surface area contributed by atoms with Crippen LogP contribution in [0.2, 0.25) is 0 Å². The van der Waals surface area contributed by atoms with E-state index in [1.807, 2.05) is 13.8 Å². The minimum Gasteiger partial charge on any atom is -0.466 e. The summed E-state index contributed by atoms with van der Waals surface area (Å²) in [6.07, 6.45) is 3.91. The third kappa shape index (κ3) is 3.42. The van der Waals surface area contributed by atoms with Gasteiger partial charge in [0, 0.05) is 19.2 Å². The number of fused-ring (bicyclic) bond motifs is 1. The number of likely N-dealkylation sites (tertiary alicyclic amines) is 1. The van der Waals surface area contributed by atoms with Crippen LogP contribution in [0.3, 0.4) is 0 Å². The lowest BCUT2D eigenvalue weighted by Gasteiger charge is -2.34. The Bertz CT molecular complexity index is 685. The van der Waals surface area contributed by atoms with Crippen LogP contribution in [0.4, 0.5) is 0 Å². The van der Waals surface area contributed by atoms with E-state index in [0.29, 0.717) is 25.7 Å². The van der Waals surface area contributed by atoms with E-state index in [2.05, 4.69) is 12.2 Å². The molecule has 1 spiro atoms. The summed E-state index contributed by atoms with van der Waals surface area (Å²) < 4.78 is 11.9. The minimum atomic E-state index is -1.02. The number of carbonyl (C=O) groups is 3. The Balaban J connectivity index is 2.00. The van der Waals surface area contributed by atoms with E-state index in [4.69, 9.17) is 9.47 Å². The van der Waals surface area contributed by atoms with Crippen molar-refractivity contribution in [3.8, 4) is 0 Å². The van der Waals surface area contributed by atoms with E-state index in [1.54, 1.807) is 6.92 Å². The Morgan fingerprint density at radius 1 is 1.33 bits per heavy atom. The summed E-state index contributed by atoms with van der Waals surface area (Å²) in [5.74, 6) is -2.31. The van der Waals surface area contributed by atoms with E-state index < -0.39 is 35.0 Å². The maximum Gasteiger partial charge on any atom is 0.312 e. The molecule has 3 fully saturated rings. The van der Waals surface area contributed by atoms with Gasteiger partial charge in [-0.15, -0.1) is 0 Å². The first-order valence-electron chi connectivity index (χ1n) is 11.4. The normalized spacial score (nSPS) is 35.4. The van der Waals surface area contributed by atoms with Crippen LogP contribution in [0.15, 0.2) is 0 Å². The molecule has 2 N–H and O–H groups in total. The summed E-state index contributed by atoms with van der Waals surface area (Å²) in [6.45, 7) is 8.12. The maximum absolute atomic E-state index is 13.6. The van der Waals surface area contributed by atoms with Gasteiger partial charge < -0.3 is 24.8 Å². The largest absolute Gasteiger partial charge is 0.466 e. The molecule has 0 aromatic carbocycles. The van der Waals surface area contributed by atoms with Crippen molar-refractivity contribution in [3.05, 3.63) is 0 Å². The zero-order valence-corrected chi connectivity index (χ0v) is 18.6. The Labute approximate surface area is 178 Å². The summed E-state index contributed by atoms with van der Waals surface area (Å²) in [5, 5.41) is 12.4. The van der Waals surface area contributed by atoms with Crippen molar-refractivity contribution in [1.82, 2.24) is 10.2 Å². The first-order valence-corrected chi connectivity index (χ1v) is 11.4. The van der Waals surface area contributed by atoms with Gasteiger partial charge in [-0.05, 0) is 46.0 Å². The minimum absolute atomic E-state index is 0.0210. The SMILES string of the molecule is CCCC(C)NC(=O)C1N(CCCO)C(=O)[C@@H]2[C@H](C(=O)OCC)[C@]3(CC)CCC12O3. The number of aliphatic hydroxyl groups is 1. The smallest absolute Gasteiger partial charge is 0.312 e. The fourth-order valence-electron chi connectivity index (χ4n) is 5.92. The molecule has 0 radical (unpaired) electrons. The predicted molar refractivity (Wildman–Crippen MR) is 109 cm³/mol. The molecule has 3 rings (SSSR count). The Morgan fingerprint density at radius 3 is 2.67 bits per heavy atom. The number of hydrogen-bond acceptors (Lipinski definition) is 6. The van der Waals surface area contributed by atoms with Crippen LogP contribution >= 0.6 is 0 Å². The number of aliphatic hydroxyl groups excluding tert-OH is 1. The molecule has 6 atom stereocenters. The zero-order valence-electron chi connectivity index (χ0n) is 18.6. The number of amides is 2. The maximum atomic E-state index is 13.6. The first kappa shape index (κ1) is 23.0. The van der Waals surface area contributed by atoms with Crippen LogP contribution in [0, 0.1) is 11.8 Å². The molecule has 2 amide bonds. The highest BCUT2D eigenvalue weighted by atomic mass is 16.6. The van der Waals surface area contributed by atoms with Crippen molar-refractivity contribution >= 4 is 17.8 Å². The molecule has 3 aliphatic rings. The van der Waals surface area contributed by atoms with Gasteiger partial charge in [0.25, 0.3) is 0 Å². The Morgan fingerprint density at radius 2 is 2.07 bits per heavy atom. The molecule has 170 valence electrons. The second-order valence-corrected chi connectivity index (χ2v) is 8.89. The molecule has 2 bridgehead atoms. The fourth-order valence-corrected chi connectivity index (χ4v) is 5.92. The van der Waals surface area contributed by atoms with Gasteiger partial charge in [0.1, 0.15) is 17.6 Å². The molecule has 0 aromatic rings. The third-order valence-corrected chi connectivity index (χ3v) is 7.14. The number of nitrogens with zero attached hydrogens (tertiary/aromatic N) is 1. The van der Waals surface area contributed by atoms with E-state index in [9.17, 15) is 19.5 Å². The van der Waals surface area contributed by atoms with Crippen LogP contribution in [0.25, 0.3) is 0 Å². The summed E-state index contributed by atoms with van der Waals surface area (Å²) >= 11 is 0. The average Bonchev–Trinajstić information content (AvgIpc) is 3.30. The van der Waals surface area contributed by atoms with Gasteiger partial charge in [-0.3, -0.25) is 14.4 Å². The van der Waals surface area contributed by atoms with Crippen LogP contribution in [0.5, 0.6) is 0 Å². The molecule has 8 nitrogen and oxygen atoms in total. The summed E-state index contributed by atoms with van der Waals surface area (Å²) in [4.78, 5) is 41.4. The fraction of sp³-hybridized carbons (Fsp3) is 0.864. The Kier molecular flexibility index (Phi) is 6.77. The average molecular weight is 425 g/mol. The van der Waals surface area contributed by atoms with Gasteiger partial charge in [0.15, 0.2) is 0 Å². The van der Waals surface area contributed by atoms with E-state index in [0.717, 1.165) is 12.8 Å². The van der Waals surface area contributed by atoms with Crippen LogP contribution in [-0.4, -0.2) is 70.8 Å². The van der Waals surface area contributed by atoms with Crippen molar-refractivity contribution in [2.45, 2.75) is 89.5 Å². The van der Waals surface area contributed by atoms with E-state index in [1.165, 1.54) is 4.90 Å². The molecule has 0 aromatic heterocycles. The van der Waals surface area contributed by atoms with Gasteiger partial charge in [0.2, 0.25) is 11.8 Å². The highest BCUT2D eigenvalue weighted by Crippen LogP contribution is 2.64. The zero-order chi connectivity index (χ0) is 22.1. The first-order chi connectivity index (χ1) is 14.3. The monoisotopic (exact) mass is 424 g/mol. The summed E-state index contributed by atoms with van der Waals surface area (Å²) in [6, 6.07) is -0.818. The quantitative estimate of drug-likeness (QED) is 0.514. The molecular formula is C22H36N2O6. The molecular weight excluding hydrogens is 388 g/mol. The third-order valence-electron chi connectivity index (χ3n) is 7.14. The van der Waals surface area contributed by atoms with Crippen LogP contribution in [-0.2, 0) is 23.9 Å². The lowest BCUT2D eigenvalue weighted by atomic mass is 9.65. The van der Waals surface area contributed by atoms with Crippen LogP contribution in [0.1, 0.15) is 66.2 Å². The lowest BCUT2D eigenvalue weighted by Crippen LogP contribution is -2.56. The molecule has 3 aliphatic heterocycles. The van der Waals surface area contributed by atoms with E-state index >= 15 is 0 Å². The number of carbonyl (C=O) groups excluding carboxylic acids is 3. The summed E-state index contributed by atoms with van der Waals surface area (Å²) in [7, 11) is 0. The van der Waals surface area contributed by atoms with E-state index in [-0.39, 0.29) is 37.6 Å². The van der Waals surface area contributed by atoms with Crippen molar-refractivity contribution in [2.75, 3.05) is 19.8 Å². The predicted octanol–water partition coefficient (Wildman–Crippen LogP) is 1.39. The topological polar surface area (TPSA) is 105 Å². The number of hydrogen-bond donors (Lipinski definition) is 2. The molecule has 0 saturated carbocycles. The Hall–Kier alpha value is -1.67. The standard InChI is InChI=1S/C22H36N2O6/c1-5-9-14(4)23-18(26)17-22-11-10-21(6-2,30-22)16(20(28)29-7-3)15(22)19(27)24(17)12-8-13-25/h14-17,25H,5-13H2,1-4H3,(H,23,26)/t14?,15-,16+,17?,21-,22?/m0/s1. The number of ether oxygens (including phenoxy) is 2. The van der Waals surface area contributed by atoms with Gasteiger partial charge in [-0.25, -0.2) is 0 Å². The second-order valence-electron chi connectivity index (χ2n) is 8.89. The van der Waals surface area contributed by atoms with Gasteiger partial charge >= 0.3 is 5.97 Å². The highest BCUT2D eigenvalue weighted by Gasteiger charge is 2.78. The molecule has 3 unspecified atom stereocenters. The van der Waals surface area contributed by atoms with Crippen LogP contribution < -0.4 is 5.32 Å². The van der Waals surface area contributed by atoms with Gasteiger partial charge in [-0.2, -0.15) is 0 Å². The molecule has 3 saturated heterocycles.